The van der Waals surface area contributed by atoms with Crippen LogP contribution in [-0.4, -0.2) is 18.2 Å². The van der Waals surface area contributed by atoms with E-state index in [-0.39, 0.29) is 12.1 Å². The smallest absolute Gasteiger partial charge is 0.361 e. The molecule has 0 spiro atoms. The Hall–Kier alpha value is -2.58. The van der Waals surface area contributed by atoms with E-state index in [1.165, 1.54) is 7.05 Å². The maximum Gasteiger partial charge on any atom is 0.416 e. The lowest BCUT2D eigenvalue weighted by Crippen LogP contribution is -2.37. The number of benzene rings is 1. The average Bonchev–Trinajstić information content (AvgIpc) is 2.86. The van der Waals surface area contributed by atoms with Gasteiger partial charge in [0.25, 0.3) is 0 Å². The Morgan fingerprint density at radius 2 is 1.88 bits per heavy atom. The van der Waals surface area contributed by atoms with Gasteiger partial charge in [0.1, 0.15) is 11.6 Å². The van der Waals surface area contributed by atoms with E-state index in [1.54, 1.807) is 13.8 Å². The summed E-state index contributed by atoms with van der Waals surface area (Å²) in [6.45, 7) is 3.76. The van der Waals surface area contributed by atoms with Crippen LogP contribution >= 0.6 is 0 Å². The van der Waals surface area contributed by atoms with Crippen molar-refractivity contribution in [3.05, 3.63) is 52.2 Å². The third kappa shape index (κ3) is 4.71. The first-order chi connectivity index (χ1) is 11.7. The van der Waals surface area contributed by atoms with Gasteiger partial charge in [-0.3, -0.25) is 4.99 Å². The molecule has 0 aliphatic carbocycles. The van der Waals surface area contributed by atoms with E-state index in [9.17, 15) is 17.6 Å². The number of hydrogen-bond acceptors (Lipinski definition) is 3. The number of aromatic nitrogens is 1. The minimum atomic E-state index is -4.63. The van der Waals surface area contributed by atoms with Crippen LogP contribution in [-0.2, 0) is 19.3 Å². The number of halogens is 4. The third-order valence-corrected chi connectivity index (χ3v) is 3.66. The van der Waals surface area contributed by atoms with Crippen LogP contribution in [0.4, 0.5) is 17.6 Å². The van der Waals surface area contributed by atoms with Crippen molar-refractivity contribution in [3.8, 4) is 0 Å². The molecule has 136 valence electrons. The van der Waals surface area contributed by atoms with Crippen molar-refractivity contribution in [2.45, 2.75) is 33.1 Å². The van der Waals surface area contributed by atoms with Crippen LogP contribution in [0.5, 0.6) is 0 Å². The summed E-state index contributed by atoms with van der Waals surface area (Å²) in [7, 11) is 1.50. The van der Waals surface area contributed by atoms with Gasteiger partial charge in [-0.05, 0) is 31.5 Å². The number of rotatable bonds is 4. The number of aliphatic imine (C=N–C) groups is 1. The normalized spacial score (nSPS) is 12.4. The van der Waals surface area contributed by atoms with E-state index in [1.807, 2.05) is 0 Å². The van der Waals surface area contributed by atoms with Gasteiger partial charge in [0.05, 0.1) is 11.3 Å². The Kier molecular flexibility index (Phi) is 5.66. The molecule has 9 heteroatoms. The first-order valence-electron chi connectivity index (χ1n) is 7.44. The lowest BCUT2D eigenvalue weighted by Gasteiger charge is -2.16. The number of nitrogens with zero attached hydrogens (tertiary/aromatic N) is 2. The summed E-state index contributed by atoms with van der Waals surface area (Å²) in [6, 6.07) is 2.58. The number of alkyl halides is 3. The number of aryl methyl sites for hydroxylation is 2. The highest BCUT2D eigenvalue weighted by Gasteiger charge is 2.33. The van der Waals surface area contributed by atoms with Crippen LogP contribution in [0, 0.1) is 19.7 Å². The summed E-state index contributed by atoms with van der Waals surface area (Å²) in [4.78, 5) is 3.96. The van der Waals surface area contributed by atoms with Gasteiger partial charge < -0.3 is 15.2 Å². The fourth-order valence-corrected chi connectivity index (χ4v) is 2.29. The Morgan fingerprint density at radius 3 is 2.44 bits per heavy atom. The molecule has 5 nitrogen and oxygen atoms in total. The highest BCUT2D eigenvalue weighted by atomic mass is 19.4. The van der Waals surface area contributed by atoms with Gasteiger partial charge in [-0.15, -0.1) is 0 Å². The second-order valence-corrected chi connectivity index (χ2v) is 5.38. The molecule has 2 rings (SSSR count). The molecule has 1 aromatic heterocycles. The Bertz CT molecular complexity index is 748. The molecule has 0 atom stereocenters. The molecule has 2 aromatic rings. The fourth-order valence-electron chi connectivity index (χ4n) is 2.29. The second kappa shape index (κ2) is 7.54. The highest BCUT2D eigenvalue weighted by molar-refractivity contribution is 5.79. The van der Waals surface area contributed by atoms with Crippen LogP contribution in [0.15, 0.2) is 27.7 Å². The monoisotopic (exact) mass is 358 g/mol. The SMILES string of the molecule is CN=C(NCc1ccc(F)cc1C(F)(F)F)NCc1c(C)noc1C. The molecule has 0 aliphatic rings. The number of nitrogens with one attached hydrogen (secondary N) is 2. The maximum absolute atomic E-state index is 13.1. The molecule has 2 N–H and O–H groups in total. The van der Waals surface area contributed by atoms with E-state index in [0.29, 0.717) is 24.3 Å². The summed E-state index contributed by atoms with van der Waals surface area (Å²) < 4.78 is 57.2. The molecule has 0 saturated heterocycles. The third-order valence-electron chi connectivity index (χ3n) is 3.66. The quantitative estimate of drug-likeness (QED) is 0.500. The molecule has 25 heavy (non-hydrogen) atoms. The molecule has 0 amide bonds. The van der Waals surface area contributed by atoms with Crippen molar-refractivity contribution in [2.24, 2.45) is 4.99 Å². The van der Waals surface area contributed by atoms with Crippen molar-refractivity contribution in [1.82, 2.24) is 15.8 Å². The van der Waals surface area contributed by atoms with Gasteiger partial charge >= 0.3 is 6.18 Å². The standard InChI is InChI=1S/C16H18F4N4O/c1-9-13(10(2)25-24-9)8-23-15(21-3)22-7-11-4-5-12(17)6-14(11)16(18,19)20/h4-6H,7-8H2,1-3H3,(H2,21,22,23). The molecular formula is C16H18F4N4O. The van der Waals surface area contributed by atoms with Crippen LogP contribution in [0.25, 0.3) is 0 Å². The lowest BCUT2D eigenvalue weighted by atomic mass is 10.1. The lowest BCUT2D eigenvalue weighted by molar-refractivity contribution is -0.138. The number of hydrogen-bond donors (Lipinski definition) is 2. The zero-order valence-electron chi connectivity index (χ0n) is 14.0. The summed E-state index contributed by atoms with van der Waals surface area (Å²) in [5, 5.41) is 9.59. The van der Waals surface area contributed by atoms with Crippen LogP contribution < -0.4 is 10.6 Å². The van der Waals surface area contributed by atoms with Gasteiger partial charge in [-0.2, -0.15) is 13.2 Å². The summed E-state index contributed by atoms with van der Waals surface area (Å²) >= 11 is 0. The molecule has 1 aromatic carbocycles. The average molecular weight is 358 g/mol. The topological polar surface area (TPSA) is 62.5 Å². The Balaban J connectivity index is 2.04. The molecule has 0 aliphatic heterocycles. The van der Waals surface area contributed by atoms with Crippen molar-refractivity contribution in [2.75, 3.05) is 7.05 Å². The first kappa shape index (κ1) is 18.8. The molecular weight excluding hydrogens is 340 g/mol. The maximum atomic E-state index is 13.1. The van der Waals surface area contributed by atoms with Crippen LogP contribution in [0.1, 0.15) is 28.1 Å². The summed E-state index contributed by atoms with van der Waals surface area (Å²) in [5.41, 5.74) is 0.481. The van der Waals surface area contributed by atoms with E-state index < -0.39 is 17.6 Å². The largest absolute Gasteiger partial charge is 0.416 e. The van der Waals surface area contributed by atoms with Gasteiger partial charge in [-0.1, -0.05) is 11.2 Å². The zero-order chi connectivity index (χ0) is 18.6. The van der Waals surface area contributed by atoms with E-state index in [2.05, 4.69) is 20.8 Å². The predicted octanol–water partition coefficient (Wildman–Crippen LogP) is 3.31. The highest BCUT2D eigenvalue weighted by Crippen LogP contribution is 2.32. The first-order valence-corrected chi connectivity index (χ1v) is 7.44. The molecule has 0 bridgehead atoms. The minimum Gasteiger partial charge on any atom is -0.361 e. The predicted molar refractivity (Wildman–Crippen MR) is 84.4 cm³/mol. The molecule has 0 saturated carbocycles. The summed E-state index contributed by atoms with van der Waals surface area (Å²) in [5.74, 6) is 0.0211. The molecule has 0 radical (unpaired) electrons. The second-order valence-electron chi connectivity index (χ2n) is 5.38. The molecule has 0 unspecified atom stereocenters. The van der Waals surface area contributed by atoms with E-state index in [0.717, 1.165) is 23.4 Å². The Labute approximate surface area is 142 Å². The fraction of sp³-hybridized carbons (Fsp3) is 0.375. The van der Waals surface area contributed by atoms with Crippen molar-refractivity contribution in [3.63, 3.8) is 0 Å². The van der Waals surface area contributed by atoms with Crippen molar-refractivity contribution < 1.29 is 22.1 Å². The van der Waals surface area contributed by atoms with Gasteiger partial charge in [0, 0.05) is 25.7 Å². The van der Waals surface area contributed by atoms with E-state index >= 15 is 0 Å². The van der Waals surface area contributed by atoms with Gasteiger partial charge in [-0.25, -0.2) is 4.39 Å². The van der Waals surface area contributed by atoms with Crippen molar-refractivity contribution >= 4 is 5.96 Å². The molecule has 0 fully saturated rings. The minimum absolute atomic E-state index is 0.0748. The van der Waals surface area contributed by atoms with E-state index in [4.69, 9.17) is 4.52 Å². The Morgan fingerprint density at radius 1 is 1.20 bits per heavy atom. The number of guanidine groups is 1. The van der Waals surface area contributed by atoms with Crippen LogP contribution in [0.3, 0.4) is 0 Å². The van der Waals surface area contributed by atoms with Gasteiger partial charge in [0.2, 0.25) is 0 Å². The summed E-state index contributed by atoms with van der Waals surface area (Å²) in [6.07, 6.45) is -4.63. The van der Waals surface area contributed by atoms with Crippen LogP contribution in [0.2, 0.25) is 0 Å². The van der Waals surface area contributed by atoms with Gasteiger partial charge in [0.15, 0.2) is 5.96 Å². The molecule has 1 heterocycles. The van der Waals surface area contributed by atoms with Crippen molar-refractivity contribution in [1.29, 1.82) is 0 Å². The zero-order valence-corrected chi connectivity index (χ0v) is 14.0.